The van der Waals surface area contributed by atoms with E-state index < -0.39 is 17.5 Å². The van der Waals surface area contributed by atoms with E-state index in [-0.39, 0.29) is 5.56 Å². The summed E-state index contributed by atoms with van der Waals surface area (Å²) >= 11 is 0. The Bertz CT molecular complexity index is 909. The van der Waals surface area contributed by atoms with E-state index in [9.17, 15) is 13.6 Å². The molecule has 1 N–H and O–H groups in total. The molecule has 3 nitrogen and oxygen atoms in total. The van der Waals surface area contributed by atoms with Gasteiger partial charge in [0.2, 0.25) is 0 Å². The molecule has 1 amide bonds. The molecule has 3 aromatic carbocycles. The minimum atomic E-state index is -1.04. The molecule has 0 fully saturated rings. The number of carbonyl (C=O) groups is 1. The molecule has 122 valence electrons. The fourth-order valence-electron chi connectivity index (χ4n) is 2.43. The molecule has 0 aliphatic rings. The number of carbonyl (C=O) groups excluding carboxylic acids is 1. The number of halogens is 2. The van der Waals surface area contributed by atoms with Gasteiger partial charge in [0, 0.05) is 12.1 Å². The van der Waals surface area contributed by atoms with Crippen molar-refractivity contribution in [3.8, 4) is 5.75 Å². The Labute approximate surface area is 137 Å². The van der Waals surface area contributed by atoms with Gasteiger partial charge in [0.05, 0.1) is 7.11 Å². The van der Waals surface area contributed by atoms with Crippen LogP contribution in [0.3, 0.4) is 0 Å². The first-order valence-electron chi connectivity index (χ1n) is 7.37. The lowest BCUT2D eigenvalue weighted by Gasteiger charge is -2.08. The highest BCUT2D eigenvalue weighted by Crippen LogP contribution is 2.21. The number of hydrogen-bond donors (Lipinski definition) is 1. The summed E-state index contributed by atoms with van der Waals surface area (Å²) in [4.78, 5) is 12.0. The lowest BCUT2D eigenvalue weighted by Crippen LogP contribution is -2.22. The Hall–Kier alpha value is -2.95. The van der Waals surface area contributed by atoms with Crippen LogP contribution < -0.4 is 10.1 Å². The van der Waals surface area contributed by atoms with Crippen molar-refractivity contribution in [1.82, 2.24) is 5.32 Å². The quantitative estimate of drug-likeness (QED) is 0.785. The van der Waals surface area contributed by atoms with Gasteiger partial charge in [-0.1, -0.05) is 18.2 Å². The zero-order chi connectivity index (χ0) is 17.1. The summed E-state index contributed by atoms with van der Waals surface area (Å²) in [6, 6.07) is 14.6. The van der Waals surface area contributed by atoms with Crippen molar-refractivity contribution < 1.29 is 18.3 Å². The maximum Gasteiger partial charge on any atom is 0.251 e. The molecule has 3 rings (SSSR count). The summed E-state index contributed by atoms with van der Waals surface area (Å²) in [7, 11) is 1.61. The molecule has 0 heterocycles. The molecule has 3 aromatic rings. The van der Waals surface area contributed by atoms with Crippen LogP contribution in [0, 0.1) is 11.6 Å². The smallest absolute Gasteiger partial charge is 0.251 e. The number of ether oxygens (including phenoxy) is 1. The lowest BCUT2D eigenvalue weighted by atomic mass is 10.1. The molecule has 0 spiro atoms. The zero-order valence-electron chi connectivity index (χ0n) is 13.0. The lowest BCUT2D eigenvalue weighted by molar-refractivity contribution is 0.0950. The number of rotatable bonds is 4. The van der Waals surface area contributed by atoms with Crippen LogP contribution in [0.25, 0.3) is 10.8 Å². The number of methoxy groups -OCH3 is 1. The van der Waals surface area contributed by atoms with Crippen molar-refractivity contribution in [3.05, 3.63) is 77.4 Å². The third-order valence-electron chi connectivity index (χ3n) is 3.75. The van der Waals surface area contributed by atoms with Crippen LogP contribution in [0.4, 0.5) is 8.78 Å². The van der Waals surface area contributed by atoms with Gasteiger partial charge >= 0.3 is 0 Å². The second kappa shape index (κ2) is 6.66. The molecule has 0 radical (unpaired) electrons. The number of nitrogens with one attached hydrogen (secondary N) is 1. The highest BCUT2D eigenvalue weighted by Gasteiger charge is 2.09. The first-order chi connectivity index (χ1) is 11.6. The molecule has 0 unspecified atom stereocenters. The van der Waals surface area contributed by atoms with Crippen molar-refractivity contribution in [2.45, 2.75) is 6.54 Å². The van der Waals surface area contributed by atoms with Crippen LogP contribution in [-0.2, 0) is 6.54 Å². The maximum atomic E-state index is 13.2. The van der Waals surface area contributed by atoms with E-state index in [1.165, 1.54) is 6.07 Å². The molecule has 0 saturated heterocycles. The van der Waals surface area contributed by atoms with Crippen molar-refractivity contribution in [1.29, 1.82) is 0 Å². The molecular weight excluding hydrogens is 312 g/mol. The maximum absolute atomic E-state index is 13.2. The summed E-state index contributed by atoms with van der Waals surface area (Å²) in [6.45, 7) is 0.291. The van der Waals surface area contributed by atoms with Gasteiger partial charge in [-0.05, 0) is 52.7 Å². The van der Waals surface area contributed by atoms with E-state index in [1.54, 1.807) is 7.11 Å². The summed E-state index contributed by atoms with van der Waals surface area (Å²) in [5.41, 5.74) is 0.989. The Morgan fingerprint density at radius 2 is 1.71 bits per heavy atom. The second-order valence-electron chi connectivity index (χ2n) is 5.36. The first-order valence-corrected chi connectivity index (χ1v) is 7.37. The molecule has 0 bridgehead atoms. The Balaban J connectivity index is 1.72. The van der Waals surface area contributed by atoms with Crippen LogP contribution in [0.1, 0.15) is 15.9 Å². The average molecular weight is 327 g/mol. The molecule has 0 aliphatic carbocycles. The Kier molecular flexibility index (Phi) is 4.42. The number of fused-ring (bicyclic) bond motifs is 1. The van der Waals surface area contributed by atoms with Gasteiger partial charge in [-0.15, -0.1) is 0 Å². The Morgan fingerprint density at radius 1 is 0.958 bits per heavy atom. The minimum Gasteiger partial charge on any atom is -0.497 e. The van der Waals surface area contributed by atoms with Crippen LogP contribution in [0.5, 0.6) is 5.75 Å². The summed E-state index contributed by atoms with van der Waals surface area (Å²) < 4.78 is 31.3. The van der Waals surface area contributed by atoms with Gasteiger partial charge in [-0.3, -0.25) is 4.79 Å². The molecule has 5 heteroatoms. The van der Waals surface area contributed by atoms with Crippen molar-refractivity contribution in [2.75, 3.05) is 7.11 Å². The van der Waals surface area contributed by atoms with Gasteiger partial charge in [-0.2, -0.15) is 0 Å². The highest BCUT2D eigenvalue weighted by molar-refractivity contribution is 5.94. The topological polar surface area (TPSA) is 38.3 Å². The van der Waals surface area contributed by atoms with E-state index in [0.29, 0.717) is 6.54 Å². The fraction of sp³-hybridized carbons (Fsp3) is 0.105. The zero-order valence-corrected chi connectivity index (χ0v) is 13.0. The molecular formula is C19H15F2NO2. The summed E-state index contributed by atoms with van der Waals surface area (Å²) in [5.74, 6) is -1.69. The molecule has 0 atom stereocenters. The Morgan fingerprint density at radius 3 is 2.46 bits per heavy atom. The third-order valence-corrected chi connectivity index (χ3v) is 3.75. The largest absolute Gasteiger partial charge is 0.497 e. The van der Waals surface area contributed by atoms with Gasteiger partial charge in [0.1, 0.15) is 5.75 Å². The second-order valence-corrected chi connectivity index (χ2v) is 5.36. The van der Waals surface area contributed by atoms with Gasteiger partial charge < -0.3 is 10.1 Å². The molecule has 0 aliphatic heterocycles. The predicted molar refractivity (Wildman–Crippen MR) is 88.0 cm³/mol. The highest BCUT2D eigenvalue weighted by atomic mass is 19.2. The van der Waals surface area contributed by atoms with E-state index >= 15 is 0 Å². The molecule has 0 saturated carbocycles. The van der Waals surface area contributed by atoms with Crippen molar-refractivity contribution >= 4 is 16.7 Å². The van der Waals surface area contributed by atoms with Crippen LogP contribution in [0.15, 0.2) is 54.6 Å². The van der Waals surface area contributed by atoms with Gasteiger partial charge in [0.25, 0.3) is 5.91 Å². The van der Waals surface area contributed by atoms with Gasteiger partial charge in [0.15, 0.2) is 11.6 Å². The normalized spacial score (nSPS) is 10.6. The van der Waals surface area contributed by atoms with E-state index in [1.807, 2.05) is 36.4 Å². The van der Waals surface area contributed by atoms with E-state index in [2.05, 4.69) is 5.32 Å². The van der Waals surface area contributed by atoms with Gasteiger partial charge in [-0.25, -0.2) is 8.78 Å². The van der Waals surface area contributed by atoms with E-state index in [4.69, 9.17) is 4.74 Å². The predicted octanol–water partition coefficient (Wildman–Crippen LogP) is 4.06. The molecule has 0 aromatic heterocycles. The standard InChI is InChI=1S/C19H15F2NO2/c1-24-16-6-4-13-8-12(2-3-14(13)9-16)11-22-19(23)15-5-7-17(20)18(21)10-15/h2-10H,11H2,1H3,(H,22,23). The summed E-state index contributed by atoms with van der Waals surface area (Å²) in [6.07, 6.45) is 0. The third kappa shape index (κ3) is 3.35. The van der Waals surface area contributed by atoms with Crippen LogP contribution in [-0.4, -0.2) is 13.0 Å². The SMILES string of the molecule is COc1ccc2cc(CNC(=O)c3ccc(F)c(F)c3)ccc2c1. The van der Waals surface area contributed by atoms with E-state index in [0.717, 1.165) is 34.2 Å². The number of amides is 1. The summed E-state index contributed by atoms with van der Waals surface area (Å²) in [5, 5.41) is 4.75. The van der Waals surface area contributed by atoms with Crippen LogP contribution in [0.2, 0.25) is 0 Å². The van der Waals surface area contributed by atoms with Crippen LogP contribution >= 0.6 is 0 Å². The number of hydrogen-bond acceptors (Lipinski definition) is 2. The number of benzene rings is 3. The minimum absolute atomic E-state index is 0.0828. The van der Waals surface area contributed by atoms with Crippen molar-refractivity contribution in [3.63, 3.8) is 0 Å². The molecule has 24 heavy (non-hydrogen) atoms. The first kappa shape index (κ1) is 15.9. The monoisotopic (exact) mass is 327 g/mol. The van der Waals surface area contributed by atoms with Crippen molar-refractivity contribution in [2.24, 2.45) is 0 Å². The fourth-order valence-corrected chi connectivity index (χ4v) is 2.43. The average Bonchev–Trinajstić information content (AvgIpc) is 2.61.